The number of alkyl halides is 3. The number of benzene rings is 2. The molecule has 0 aromatic heterocycles. The van der Waals surface area contributed by atoms with Crippen molar-refractivity contribution < 1.29 is 22.9 Å². The quantitative estimate of drug-likeness (QED) is 0.572. The molecule has 160 valence electrons. The molecule has 0 saturated carbocycles. The van der Waals surface area contributed by atoms with E-state index in [0.717, 1.165) is 4.90 Å². The number of piperazine rings is 1. The maximum absolute atomic E-state index is 13.1. The minimum atomic E-state index is -4.53. The minimum absolute atomic E-state index is 0.0507. The zero-order chi connectivity index (χ0) is 21.7. The SMILES string of the molecule is O=C(CN1CCNCC1)N(CC(F)(F)F)c1ccc(-c2ccc([N+](=O)[O-])cc2)cc1. The summed E-state index contributed by atoms with van der Waals surface area (Å²) < 4.78 is 39.3. The van der Waals surface area contributed by atoms with Gasteiger partial charge in [-0.2, -0.15) is 13.2 Å². The summed E-state index contributed by atoms with van der Waals surface area (Å²) in [6.07, 6.45) is -4.53. The highest BCUT2D eigenvalue weighted by Crippen LogP contribution is 2.27. The largest absolute Gasteiger partial charge is 0.406 e. The molecular formula is C20H21F3N4O3. The van der Waals surface area contributed by atoms with Crippen molar-refractivity contribution in [2.24, 2.45) is 0 Å². The first kappa shape index (κ1) is 21.7. The van der Waals surface area contributed by atoms with E-state index in [-0.39, 0.29) is 17.9 Å². The number of nitro benzene ring substituents is 1. The summed E-state index contributed by atoms with van der Waals surface area (Å²) in [5.74, 6) is -0.614. The van der Waals surface area contributed by atoms with Gasteiger partial charge in [0.1, 0.15) is 6.54 Å². The molecule has 1 aliphatic heterocycles. The topological polar surface area (TPSA) is 78.7 Å². The summed E-state index contributed by atoms with van der Waals surface area (Å²) in [7, 11) is 0. The smallest absolute Gasteiger partial charge is 0.314 e. The predicted octanol–water partition coefficient (Wildman–Crippen LogP) is 3.06. The Morgan fingerprint density at radius 1 is 1.03 bits per heavy atom. The Balaban J connectivity index is 1.78. The number of nitrogens with one attached hydrogen (secondary N) is 1. The van der Waals surface area contributed by atoms with E-state index < -0.39 is 23.6 Å². The molecule has 0 unspecified atom stereocenters. The van der Waals surface area contributed by atoms with Crippen molar-refractivity contribution in [1.29, 1.82) is 0 Å². The Kier molecular flexibility index (Phi) is 6.68. The summed E-state index contributed by atoms with van der Waals surface area (Å²) in [6, 6.07) is 11.9. The first-order chi connectivity index (χ1) is 14.2. The molecule has 0 spiro atoms. The number of nitro groups is 1. The van der Waals surface area contributed by atoms with Gasteiger partial charge in [0.15, 0.2) is 0 Å². The van der Waals surface area contributed by atoms with E-state index in [4.69, 9.17) is 0 Å². The molecule has 1 fully saturated rings. The number of amides is 1. The van der Waals surface area contributed by atoms with Gasteiger partial charge in [-0.25, -0.2) is 0 Å². The van der Waals surface area contributed by atoms with E-state index >= 15 is 0 Å². The Bertz CT molecular complexity index is 880. The van der Waals surface area contributed by atoms with Crippen LogP contribution >= 0.6 is 0 Å². The van der Waals surface area contributed by atoms with Crippen LogP contribution in [0.2, 0.25) is 0 Å². The molecule has 0 radical (unpaired) electrons. The molecular weight excluding hydrogens is 401 g/mol. The van der Waals surface area contributed by atoms with E-state index in [2.05, 4.69) is 5.32 Å². The van der Waals surface area contributed by atoms with Crippen LogP contribution in [0.5, 0.6) is 0 Å². The van der Waals surface area contributed by atoms with E-state index in [1.807, 2.05) is 4.90 Å². The maximum Gasteiger partial charge on any atom is 0.406 e. The Labute approximate surface area is 171 Å². The minimum Gasteiger partial charge on any atom is -0.314 e. The van der Waals surface area contributed by atoms with Gasteiger partial charge >= 0.3 is 6.18 Å². The van der Waals surface area contributed by atoms with Gasteiger partial charge in [-0.1, -0.05) is 12.1 Å². The molecule has 0 atom stereocenters. The van der Waals surface area contributed by atoms with Crippen LogP contribution in [0.1, 0.15) is 0 Å². The number of non-ortho nitro benzene ring substituents is 1. The van der Waals surface area contributed by atoms with Crippen LogP contribution in [0.3, 0.4) is 0 Å². The average Bonchev–Trinajstić information content (AvgIpc) is 2.72. The summed E-state index contributed by atoms with van der Waals surface area (Å²) >= 11 is 0. The average molecular weight is 422 g/mol. The van der Waals surface area contributed by atoms with Crippen LogP contribution in [0.25, 0.3) is 11.1 Å². The Morgan fingerprint density at radius 3 is 2.07 bits per heavy atom. The fourth-order valence-corrected chi connectivity index (χ4v) is 3.26. The van der Waals surface area contributed by atoms with Gasteiger partial charge in [0, 0.05) is 44.0 Å². The van der Waals surface area contributed by atoms with E-state index in [1.165, 1.54) is 24.3 Å². The van der Waals surface area contributed by atoms with Crippen molar-refractivity contribution in [1.82, 2.24) is 10.2 Å². The monoisotopic (exact) mass is 422 g/mol. The lowest BCUT2D eigenvalue weighted by atomic mass is 10.0. The summed E-state index contributed by atoms with van der Waals surface area (Å²) in [5.41, 5.74) is 1.46. The fourth-order valence-electron chi connectivity index (χ4n) is 3.26. The van der Waals surface area contributed by atoms with Gasteiger partial charge in [-0.05, 0) is 35.4 Å². The van der Waals surface area contributed by atoms with Gasteiger partial charge in [0.25, 0.3) is 5.69 Å². The van der Waals surface area contributed by atoms with Crippen molar-refractivity contribution >= 4 is 17.3 Å². The zero-order valence-corrected chi connectivity index (χ0v) is 16.1. The number of anilines is 1. The first-order valence-electron chi connectivity index (χ1n) is 9.38. The van der Waals surface area contributed by atoms with Gasteiger partial charge in [0.2, 0.25) is 5.91 Å². The molecule has 0 aliphatic carbocycles. The summed E-state index contributed by atoms with van der Waals surface area (Å²) in [5, 5.41) is 13.9. The molecule has 1 amide bonds. The second-order valence-electron chi connectivity index (χ2n) is 6.97. The molecule has 30 heavy (non-hydrogen) atoms. The molecule has 1 aliphatic rings. The highest BCUT2D eigenvalue weighted by Gasteiger charge is 2.34. The van der Waals surface area contributed by atoms with Gasteiger partial charge in [-0.3, -0.25) is 19.8 Å². The standard InChI is InChI=1S/C20H21F3N4O3/c21-20(22,23)14-26(19(28)13-25-11-9-24-10-12-25)17-5-1-15(2-6-17)16-3-7-18(8-4-16)27(29)30/h1-8,24H,9-14H2. The van der Waals surface area contributed by atoms with Crippen LogP contribution in [0, 0.1) is 10.1 Å². The third kappa shape index (κ3) is 5.77. The van der Waals surface area contributed by atoms with Gasteiger partial charge < -0.3 is 10.2 Å². The second-order valence-corrected chi connectivity index (χ2v) is 6.97. The Morgan fingerprint density at radius 2 is 1.57 bits per heavy atom. The lowest BCUT2D eigenvalue weighted by molar-refractivity contribution is -0.384. The number of rotatable bonds is 6. The first-order valence-corrected chi connectivity index (χ1v) is 9.38. The molecule has 10 heteroatoms. The third-order valence-electron chi connectivity index (χ3n) is 4.80. The lowest BCUT2D eigenvalue weighted by Crippen LogP contribution is -2.50. The van der Waals surface area contributed by atoms with Crippen molar-refractivity contribution in [2.75, 3.05) is 44.2 Å². The van der Waals surface area contributed by atoms with Crippen molar-refractivity contribution in [3.05, 3.63) is 58.6 Å². The lowest BCUT2D eigenvalue weighted by Gasteiger charge is -2.30. The van der Waals surface area contributed by atoms with Crippen molar-refractivity contribution in [3.8, 4) is 11.1 Å². The highest BCUT2D eigenvalue weighted by atomic mass is 19.4. The number of hydrogen-bond donors (Lipinski definition) is 1. The molecule has 3 rings (SSSR count). The van der Waals surface area contributed by atoms with Crippen LogP contribution in [-0.4, -0.2) is 61.2 Å². The van der Waals surface area contributed by atoms with Crippen LogP contribution in [-0.2, 0) is 4.79 Å². The van der Waals surface area contributed by atoms with E-state index in [9.17, 15) is 28.1 Å². The molecule has 1 heterocycles. The van der Waals surface area contributed by atoms with Crippen molar-refractivity contribution in [3.63, 3.8) is 0 Å². The summed E-state index contributed by atoms with van der Waals surface area (Å²) in [6.45, 7) is 1.14. The number of hydrogen-bond acceptors (Lipinski definition) is 5. The van der Waals surface area contributed by atoms with Crippen LogP contribution < -0.4 is 10.2 Å². The van der Waals surface area contributed by atoms with Crippen LogP contribution in [0.4, 0.5) is 24.5 Å². The highest BCUT2D eigenvalue weighted by molar-refractivity contribution is 5.95. The molecule has 1 saturated heterocycles. The van der Waals surface area contributed by atoms with E-state index in [0.29, 0.717) is 37.3 Å². The second kappa shape index (κ2) is 9.23. The third-order valence-corrected chi connectivity index (χ3v) is 4.80. The normalized spacial score (nSPS) is 15.0. The van der Waals surface area contributed by atoms with Gasteiger partial charge in [-0.15, -0.1) is 0 Å². The number of halogens is 3. The molecule has 0 bridgehead atoms. The number of carbonyl (C=O) groups excluding carboxylic acids is 1. The molecule has 2 aromatic carbocycles. The number of carbonyl (C=O) groups is 1. The molecule has 7 nitrogen and oxygen atoms in total. The van der Waals surface area contributed by atoms with E-state index in [1.54, 1.807) is 24.3 Å². The predicted molar refractivity (Wildman–Crippen MR) is 106 cm³/mol. The van der Waals surface area contributed by atoms with Crippen molar-refractivity contribution in [2.45, 2.75) is 6.18 Å². The van der Waals surface area contributed by atoms with Crippen LogP contribution in [0.15, 0.2) is 48.5 Å². The maximum atomic E-state index is 13.1. The number of nitrogens with zero attached hydrogens (tertiary/aromatic N) is 3. The van der Waals surface area contributed by atoms with Gasteiger partial charge in [0.05, 0.1) is 11.5 Å². The summed E-state index contributed by atoms with van der Waals surface area (Å²) in [4.78, 5) is 25.5. The molecule has 2 aromatic rings. The Hall–Kier alpha value is -2.98. The fraction of sp³-hybridized carbons (Fsp3) is 0.350. The zero-order valence-electron chi connectivity index (χ0n) is 16.1. The molecule has 1 N–H and O–H groups in total.